The highest BCUT2D eigenvalue weighted by Gasteiger charge is 2.32. The number of rotatable bonds is 3. The van der Waals surface area contributed by atoms with E-state index in [1.165, 1.54) is 0 Å². The Balaban J connectivity index is 3.58. The Kier molecular flexibility index (Phi) is 3.94. The molecule has 0 saturated carbocycles. The zero-order valence-electron chi connectivity index (χ0n) is 8.11. The first kappa shape index (κ1) is 13.7. The van der Waals surface area contributed by atoms with Crippen LogP contribution in [-0.2, 0) is 4.79 Å². The number of hydrogen-bond acceptors (Lipinski definition) is 2. The number of carbonyl (C=O) groups is 1. The second-order valence-corrected chi connectivity index (χ2v) is 3.49. The van der Waals surface area contributed by atoms with Crippen LogP contribution < -0.4 is 5.73 Å². The highest BCUT2D eigenvalue weighted by Crippen LogP contribution is 2.31. The van der Waals surface area contributed by atoms with Crippen molar-refractivity contribution in [2.75, 3.05) is 6.54 Å². The van der Waals surface area contributed by atoms with Gasteiger partial charge in [-0.3, -0.25) is 4.79 Å². The van der Waals surface area contributed by atoms with Gasteiger partial charge in [-0.05, 0) is 0 Å². The molecule has 0 aliphatic carbocycles. The van der Waals surface area contributed by atoms with Gasteiger partial charge in [-0.2, -0.15) is 0 Å². The van der Waals surface area contributed by atoms with E-state index in [2.05, 4.69) is 0 Å². The Labute approximate surface area is 97.8 Å². The first-order valence-corrected chi connectivity index (χ1v) is 4.64. The third kappa shape index (κ3) is 2.20. The van der Waals surface area contributed by atoms with Crippen molar-refractivity contribution in [1.29, 1.82) is 0 Å². The van der Waals surface area contributed by atoms with Gasteiger partial charge in [0.25, 0.3) is 0 Å². The number of benzene rings is 1. The van der Waals surface area contributed by atoms with Crippen molar-refractivity contribution in [2.45, 2.75) is 5.92 Å². The van der Waals surface area contributed by atoms with Crippen molar-refractivity contribution in [3.05, 3.63) is 33.9 Å². The molecular formula is C9H6ClF4NO2. The van der Waals surface area contributed by atoms with Gasteiger partial charge in [0.2, 0.25) is 0 Å². The second kappa shape index (κ2) is 4.89. The SMILES string of the molecule is NCC(C(=O)O)c1c(F)c(F)c(Cl)c(F)c1F. The summed E-state index contributed by atoms with van der Waals surface area (Å²) in [4.78, 5) is 10.7. The van der Waals surface area contributed by atoms with Crippen molar-refractivity contribution in [2.24, 2.45) is 5.73 Å². The van der Waals surface area contributed by atoms with E-state index in [4.69, 9.17) is 22.4 Å². The molecule has 1 atom stereocenters. The molecule has 0 heterocycles. The largest absolute Gasteiger partial charge is 0.481 e. The predicted molar refractivity (Wildman–Crippen MR) is 50.7 cm³/mol. The summed E-state index contributed by atoms with van der Waals surface area (Å²) >= 11 is 4.98. The fourth-order valence-corrected chi connectivity index (χ4v) is 1.44. The number of aliphatic carboxylic acids is 1. The van der Waals surface area contributed by atoms with Crippen LogP contribution in [0.2, 0.25) is 5.02 Å². The minimum Gasteiger partial charge on any atom is -0.481 e. The lowest BCUT2D eigenvalue weighted by molar-refractivity contribution is -0.138. The number of carboxylic acids is 1. The van der Waals surface area contributed by atoms with E-state index in [-0.39, 0.29) is 0 Å². The van der Waals surface area contributed by atoms with Crippen LogP contribution in [0.5, 0.6) is 0 Å². The van der Waals surface area contributed by atoms with Gasteiger partial charge in [0.05, 0.1) is 5.92 Å². The third-order valence-corrected chi connectivity index (χ3v) is 2.46. The molecule has 0 radical (unpaired) electrons. The lowest BCUT2D eigenvalue weighted by atomic mass is 9.97. The monoisotopic (exact) mass is 271 g/mol. The van der Waals surface area contributed by atoms with Crippen LogP contribution in [0, 0.1) is 23.3 Å². The average molecular weight is 272 g/mol. The molecule has 0 amide bonds. The molecule has 1 unspecified atom stereocenters. The number of halogens is 5. The van der Waals surface area contributed by atoms with Crippen molar-refractivity contribution < 1.29 is 27.5 Å². The van der Waals surface area contributed by atoms with E-state index in [0.29, 0.717) is 0 Å². The molecule has 94 valence electrons. The van der Waals surface area contributed by atoms with E-state index in [9.17, 15) is 22.4 Å². The molecule has 3 nitrogen and oxygen atoms in total. The normalized spacial score (nSPS) is 12.6. The van der Waals surface area contributed by atoms with Gasteiger partial charge < -0.3 is 10.8 Å². The third-order valence-electron chi connectivity index (χ3n) is 2.13. The molecule has 3 N–H and O–H groups in total. The first-order valence-electron chi connectivity index (χ1n) is 4.27. The molecule has 1 rings (SSSR count). The molecule has 1 aromatic carbocycles. The topological polar surface area (TPSA) is 63.3 Å². The summed E-state index contributed by atoms with van der Waals surface area (Å²) in [5.74, 6) is -11.0. The number of carboxylic acid groups (broad SMARTS) is 1. The Morgan fingerprint density at radius 1 is 1.18 bits per heavy atom. The maximum atomic E-state index is 13.3. The van der Waals surface area contributed by atoms with Crippen LogP contribution in [0.4, 0.5) is 17.6 Å². The van der Waals surface area contributed by atoms with E-state index in [1.54, 1.807) is 0 Å². The summed E-state index contributed by atoms with van der Waals surface area (Å²) in [6.45, 7) is -0.719. The van der Waals surface area contributed by atoms with Crippen LogP contribution >= 0.6 is 11.6 Å². The van der Waals surface area contributed by atoms with Crippen molar-refractivity contribution in [1.82, 2.24) is 0 Å². The van der Waals surface area contributed by atoms with Crippen LogP contribution in [0.25, 0.3) is 0 Å². The molecule has 0 fully saturated rings. The lowest BCUT2D eigenvalue weighted by Gasteiger charge is -2.14. The van der Waals surface area contributed by atoms with Crippen molar-refractivity contribution in [3.8, 4) is 0 Å². The number of nitrogens with two attached hydrogens (primary N) is 1. The Morgan fingerprint density at radius 3 is 1.88 bits per heavy atom. The molecule has 0 aromatic heterocycles. The van der Waals surface area contributed by atoms with E-state index in [0.717, 1.165) is 0 Å². The molecule has 1 aromatic rings. The van der Waals surface area contributed by atoms with Crippen LogP contribution in [-0.4, -0.2) is 17.6 Å². The number of hydrogen-bond donors (Lipinski definition) is 2. The van der Waals surface area contributed by atoms with Gasteiger partial charge in [-0.15, -0.1) is 0 Å². The van der Waals surface area contributed by atoms with E-state index >= 15 is 0 Å². The molecule has 0 spiro atoms. The van der Waals surface area contributed by atoms with Crippen LogP contribution in [0.1, 0.15) is 11.5 Å². The summed E-state index contributed by atoms with van der Waals surface area (Å²) in [7, 11) is 0. The van der Waals surface area contributed by atoms with Gasteiger partial charge in [0.15, 0.2) is 23.3 Å². The molecule has 0 aliphatic heterocycles. The van der Waals surface area contributed by atoms with Gasteiger partial charge >= 0.3 is 5.97 Å². The van der Waals surface area contributed by atoms with Gasteiger partial charge in [0, 0.05) is 12.1 Å². The standard InChI is InChI=1S/C9H6ClF4NO2/c10-4-7(13)5(11)3(6(12)8(4)14)2(1-15)9(16)17/h2H,1,15H2,(H,16,17). The van der Waals surface area contributed by atoms with E-state index in [1.807, 2.05) is 0 Å². The summed E-state index contributed by atoms with van der Waals surface area (Å²) in [6, 6.07) is 0. The van der Waals surface area contributed by atoms with Crippen molar-refractivity contribution in [3.63, 3.8) is 0 Å². The van der Waals surface area contributed by atoms with Gasteiger partial charge in [-0.1, -0.05) is 11.6 Å². The Morgan fingerprint density at radius 2 is 1.59 bits per heavy atom. The molecular weight excluding hydrogens is 266 g/mol. The van der Waals surface area contributed by atoms with Crippen LogP contribution in [0.3, 0.4) is 0 Å². The summed E-state index contributed by atoms with van der Waals surface area (Å²) in [5.41, 5.74) is 3.71. The minimum atomic E-state index is -1.89. The summed E-state index contributed by atoms with van der Waals surface area (Å²) < 4.78 is 52.7. The molecule has 17 heavy (non-hydrogen) atoms. The maximum absolute atomic E-state index is 13.3. The second-order valence-electron chi connectivity index (χ2n) is 3.11. The Hall–Kier alpha value is -1.34. The quantitative estimate of drug-likeness (QED) is 0.502. The van der Waals surface area contributed by atoms with Gasteiger partial charge in [0.1, 0.15) is 5.02 Å². The van der Waals surface area contributed by atoms with Crippen LogP contribution in [0.15, 0.2) is 0 Å². The van der Waals surface area contributed by atoms with Gasteiger partial charge in [-0.25, -0.2) is 17.6 Å². The highest BCUT2D eigenvalue weighted by molar-refractivity contribution is 6.30. The zero-order valence-corrected chi connectivity index (χ0v) is 8.86. The smallest absolute Gasteiger partial charge is 0.312 e. The van der Waals surface area contributed by atoms with Crippen molar-refractivity contribution >= 4 is 17.6 Å². The Bertz CT molecular complexity index is 452. The molecule has 8 heteroatoms. The van der Waals surface area contributed by atoms with E-state index < -0.39 is 52.3 Å². The fourth-order valence-electron chi connectivity index (χ4n) is 1.27. The predicted octanol–water partition coefficient (Wildman–Crippen LogP) is 2.02. The molecule has 0 saturated heterocycles. The summed E-state index contributed by atoms with van der Waals surface area (Å²) in [6.07, 6.45) is 0. The highest BCUT2D eigenvalue weighted by atomic mass is 35.5. The molecule has 0 aliphatic rings. The first-order chi connectivity index (χ1) is 7.82. The maximum Gasteiger partial charge on any atom is 0.312 e. The zero-order chi connectivity index (χ0) is 13.3. The lowest BCUT2D eigenvalue weighted by Crippen LogP contribution is -2.24. The fraction of sp³-hybridized carbons (Fsp3) is 0.222. The molecule has 0 bridgehead atoms. The average Bonchev–Trinajstić information content (AvgIpc) is 2.29. The summed E-state index contributed by atoms with van der Waals surface area (Å²) in [5, 5.41) is 7.26. The minimum absolute atomic E-state index is 0.719.